The van der Waals surface area contributed by atoms with Gasteiger partial charge in [-0.25, -0.2) is 0 Å². The molecule has 0 saturated carbocycles. The van der Waals surface area contributed by atoms with Crippen molar-refractivity contribution in [2.45, 2.75) is 32.7 Å². The van der Waals surface area contributed by atoms with Crippen molar-refractivity contribution in [3.63, 3.8) is 0 Å². The molecule has 1 aromatic carbocycles. The maximum atomic E-state index is 12.0. The largest absolute Gasteiger partial charge is 0.352 e. The highest BCUT2D eigenvalue weighted by Crippen LogP contribution is 2.22. The second-order valence-electron chi connectivity index (χ2n) is 5.87. The summed E-state index contributed by atoms with van der Waals surface area (Å²) in [5, 5.41) is 15.1. The van der Waals surface area contributed by atoms with Crippen LogP contribution in [0.2, 0.25) is 0 Å². The smallest absolute Gasteiger partial charge is 0.220 e. The number of nitrogens with zero attached hydrogens (tertiary/aromatic N) is 1. The van der Waals surface area contributed by atoms with Crippen molar-refractivity contribution in [1.82, 2.24) is 10.6 Å². The summed E-state index contributed by atoms with van der Waals surface area (Å²) in [4.78, 5) is 12.0. The standard InChI is InChI=1S/C17H23N3O/c1-13(16-3-2-8-19-12-16)9-17(21)20-11-15-6-4-14(10-18)5-7-15/h4-7,13,16,19H,2-3,8-9,11-12H2,1H3,(H,20,21). The molecule has 4 nitrogen and oxygen atoms in total. The SMILES string of the molecule is CC(CC(=O)NCc1ccc(C#N)cc1)C1CCCNC1. The van der Waals surface area contributed by atoms with E-state index in [-0.39, 0.29) is 5.91 Å². The minimum Gasteiger partial charge on any atom is -0.352 e. The fraction of sp³-hybridized carbons (Fsp3) is 0.529. The fourth-order valence-electron chi connectivity index (χ4n) is 2.79. The van der Waals surface area contributed by atoms with Crippen LogP contribution in [0.15, 0.2) is 24.3 Å². The van der Waals surface area contributed by atoms with Gasteiger partial charge in [0, 0.05) is 13.0 Å². The summed E-state index contributed by atoms with van der Waals surface area (Å²) in [5.41, 5.74) is 1.66. The Labute approximate surface area is 126 Å². The number of carbonyl (C=O) groups excluding carboxylic acids is 1. The van der Waals surface area contributed by atoms with Crippen molar-refractivity contribution in [1.29, 1.82) is 5.26 Å². The molecule has 0 bridgehead atoms. The number of piperidine rings is 1. The lowest BCUT2D eigenvalue weighted by atomic mass is 9.85. The number of hydrogen-bond donors (Lipinski definition) is 2. The van der Waals surface area contributed by atoms with Crippen LogP contribution in [0.1, 0.15) is 37.3 Å². The van der Waals surface area contributed by atoms with Crippen molar-refractivity contribution in [2.24, 2.45) is 11.8 Å². The first-order valence-corrected chi connectivity index (χ1v) is 7.65. The normalized spacial score (nSPS) is 19.5. The molecule has 1 saturated heterocycles. The monoisotopic (exact) mass is 285 g/mol. The van der Waals surface area contributed by atoms with Gasteiger partial charge in [-0.3, -0.25) is 4.79 Å². The number of rotatable bonds is 5. The van der Waals surface area contributed by atoms with Gasteiger partial charge in [0.25, 0.3) is 0 Å². The van der Waals surface area contributed by atoms with Crippen molar-refractivity contribution in [3.05, 3.63) is 35.4 Å². The number of benzene rings is 1. The molecule has 4 heteroatoms. The van der Waals surface area contributed by atoms with Crippen molar-refractivity contribution < 1.29 is 4.79 Å². The van der Waals surface area contributed by atoms with Crippen LogP contribution in [0.3, 0.4) is 0 Å². The Morgan fingerprint density at radius 1 is 1.48 bits per heavy atom. The summed E-state index contributed by atoms with van der Waals surface area (Å²) in [5.74, 6) is 1.13. The minimum absolute atomic E-state index is 0.109. The van der Waals surface area contributed by atoms with E-state index in [0.29, 0.717) is 30.4 Å². The fourth-order valence-corrected chi connectivity index (χ4v) is 2.79. The quantitative estimate of drug-likeness (QED) is 0.871. The molecule has 0 aliphatic carbocycles. The third-order valence-corrected chi connectivity index (χ3v) is 4.22. The van der Waals surface area contributed by atoms with E-state index in [1.54, 1.807) is 12.1 Å². The molecule has 1 aromatic rings. The molecule has 1 fully saturated rings. The maximum absolute atomic E-state index is 12.0. The van der Waals surface area contributed by atoms with Gasteiger partial charge in [0.1, 0.15) is 0 Å². The van der Waals surface area contributed by atoms with Gasteiger partial charge in [-0.1, -0.05) is 19.1 Å². The zero-order valence-corrected chi connectivity index (χ0v) is 12.6. The van der Waals surface area contributed by atoms with Gasteiger partial charge < -0.3 is 10.6 Å². The average Bonchev–Trinajstić information content (AvgIpc) is 2.54. The third-order valence-electron chi connectivity index (χ3n) is 4.22. The van der Waals surface area contributed by atoms with E-state index in [4.69, 9.17) is 5.26 Å². The van der Waals surface area contributed by atoms with Crippen LogP contribution in [0.5, 0.6) is 0 Å². The van der Waals surface area contributed by atoms with Crippen molar-refractivity contribution >= 4 is 5.91 Å². The second-order valence-corrected chi connectivity index (χ2v) is 5.87. The minimum atomic E-state index is 0.109. The van der Waals surface area contributed by atoms with E-state index >= 15 is 0 Å². The predicted molar refractivity (Wildman–Crippen MR) is 82.4 cm³/mol. The lowest BCUT2D eigenvalue weighted by molar-refractivity contribution is -0.122. The lowest BCUT2D eigenvalue weighted by Gasteiger charge is -2.28. The summed E-state index contributed by atoms with van der Waals surface area (Å²) < 4.78 is 0. The first kappa shape index (κ1) is 15.5. The first-order chi connectivity index (χ1) is 10.2. The van der Waals surface area contributed by atoms with Gasteiger partial charge in [0.2, 0.25) is 5.91 Å². The highest BCUT2D eigenvalue weighted by molar-refractivity contribution is 5.76. The molecule has 1 aliphatic rings. The van der Waals surface area contributed by atoms with Gasteiger partial charge in [0.05, 0.1) is 11.6 Å². The van der Waals surface area contributed by atoms with Gasteiger partial charge in [-0.15, -0.1) is 0 Å². The Kier molecular flexibility index (Phi) is 5.77. The Bertz CT molecular complexity index is 498. The number of hydrogen-bond acceptors (Lipinski definition) is 3. The summed E-state index contributed by atoms with van der Waals surface area (Å²) >= 11 is 0. The lowest BCUT2D eigenvalue weighted by Crippen LogP contribution is -2.35. The van der Waals surface area contributed by atoms with Crippen molar-refractivity contribution in [3.8, 4) is 6.07 Å². The Morgan fingerprint density at radius 3 is 2.86 bits per heavy atom. The van der Waals surface area contributed by atoms with Crippen LogP contribution >= 0.6 is 0 Å². The van der Waals surface area contributed by atoms with Crippen molar-refractivity contribution in [2.75, 3.05) is 13.1 Å². The molecule has 21 heavy (non-hydrogen) atoms. The van der Waals surface area contributed by atoms with E-state index in [1.165, 1.54) is 12.8 Å². The van der Waals surface area contributed by atoms with Crippen LogP contribution in [-0.2, 0) is 11.3 Å². The molecule has 1 heterocycles. The molecule has 112 valence electrons. The number of carbonyl (C=O) groups is 1. The molecule has 0 radical (unpaired) electrons. The zero-order chi connectivity index (χ0) is 15.1. The molecule has 0 aromatic heterocycles. The summed E-state index contributed by atoms with van der Waals surface area (Å²) in [6, 6.07) is 9.40. The number of nitrogens with one attached hydrogen (secondary N) is 2. The summed E-state index contributed by atoms with van der Waals surface area (Å²) in [6.45, 7) is 4.83. The van der Waals surface area contributed by atoms with Gasteiger partial charge in [-0.2, -0.15) is 5.26 Å². The van der Waals surface area contributed by atoms with Gasteiger partial charge >= 0.3 is 0 Å². The van der Waals surface area contributed by atoms with Crippen LogP contribution in [0.25, 0.3) is 0 Å². The zero-order valence-electron chi connectivity index (χ0n) is 12.6. The summed E-state index contributed by atoms with van der Waals surface area (Å²) in [6.07, 6.45) is 3.02. The summed E-state index contributed by atoms with van der Waals surface area (Å²) in [7, 11) is 0. The van der Waals surface area contributed by atoms with Crippen LogP contribution in [-0.4, -0.2) is 19.0 Å². The predicted octanol–water partition coefficient (Wildman–Crippen LogP) is 2.20. The first-order valence-electron chi connectivity index (χ1n) is 7.65. The van der Waals surface area contributed by atoms with Crippen LogP contribution in [0.4, 0.5) is 0 Å². The molecule has 2 N–H and O–H groups in total. The molecule has 1 amide bonds. The topological polar surface area (TPSA) is 64.9 Å². The Morgan fingerprint density at radius 2 is 2.24 bits per heavy atom. The van der Waals surface area contributed by atoms with Gasteiger partial charge in [0.15, 0.2) is 0 Å². The van der Waals surface area contributed by atoms with E-state index in [9.17, 15) is 4.79 Å². The number of amides is 1. The Balaban J connectivity index is 1.74. The molecular formula is C17H23N3O. The molecule has 2 rings (SSSR count). The highest BCUT2D eigenvalue weighted by atomic mass is 16.1. The van der Waals surface area contributed by atoms with Crippen LogP contribution in [0, 0.1) is 23.2 Å². The molecule has 0 spiro atoms. The molecular weight excluding hydrogens is 262 g/mol. The van der Waals surface area contributed by atoms with E-state index in [2.05, 4.69) is 23.6 Å². The van der Waals surface area contributed by atoms with E-state index < -0.39 is 0 Å². The average molecular weight is 285 g/mol. The molecule has 2 unspecified atom stereocenters. The maximum Gasteiger partial charge on any atom is 0.220 e. The van der Waals surface area contributed by atoms with Crippen LogP contribution < -0.4 is 10.6 Å². The number of nitriles is 1. The Hall–Kier alpha value is -1.86. The second kappa shape index (κ2) is 7.80. The molecule has 1 aliphatic heterocycles. The van der Waals surface area contributed by atoms with E-state index in [1.807, 2.05) is 12.1 Å². The van der Waals surface area contributed by atoms with E-state index in [0.717, 1.165) is 18.7 Å². The van der Waals surface area contributed by atoms with Gasteiger partial charge in [-0.05, 0) is 55.5 Å². The third kappa shape index (κ3) is 4.87. The molecule has 2 atom stereocenters. The highest BCUT2D eigenvalue weighted by Gasteiger charge is 2.21.